The molecule has 2 aromatic rings. The summed E-state index contributed by atoms with van der Waals surface area (Å²) in [6.45, 7) is 5.42. The smallest absolute Gasteiger partial charge is 0.320 e. The Morgan fingerprint density at radius 1 is 0.960 bits per heavy atom. The third kappa shape index (κ3) is 3.15. The van der Waals surface area contributed by atoms with Gasteiger partial charge in [-0.2, -0.15) is 0 Å². The molecule has 0 unspecified atom stereocenters. The predicted molar refractivity (Wildman–Crippen MR) is 100 cm³/mol. The van der Waals surface area contributed by atoms with Crippen molar-refractivity contribution in [2.45, 2.75) is 33.3 Å². The van der Waals surface area contributed by atoms with Gasteiger partial charge in [0.05, 0.1) is 5.41 Å². The lowest BCUT2D eigenvalue weighted by atomic mass is 9.64. The number of rotatable bonds is 3. The van der Waals surface area contributed by atoms with Gasteiger partial charge in [-0.05, 0) is 50.5 Å². The molecule has 130 valence electrons. The number of esters is 1. The molecule has 0 saturated carbocycles. The summed E-state index contributed by atoms with van der Waals surface area (Å²) in [7, 11) is 0. The lowest BCUT2D eigenvalue weighted by molar-refractivity contribution is -0.188. The fraction of sp³-hybridized carbons (Fsp3) is 0.333. The molecule has 0 radical (unpaired) electrons. The summed E-state index contributed by atoms with van der Waals surface area (Å²) in [5.41, 5.74) is -0.188. The molecule has 3 rings (SSSR count). The van der Waals surface area contributed by atoms with Crippen LogP contribution in [0.4, 0.5) is 0 Å². The molecule has 25 heavy (non-hydrogen) atoms. The molecule has 1 heterocycles. The lowest BCUT2D eigenvalue weighted by Crippen LogP contribution is -2.54. The van der Waals surface area contributed by atoms with Crippen LogP contribution in [0.15, 0.2) is 59.1 Å². The minimum atomic E-state index is -1.18. The summed E-state index contributed by atoms with van der Waals surface area (Å²) in [6, 6.07) is 17.1. The second kappa shape index (κ2) is 6.41. The first-order valence-corrected chi connectivity index (χ1v) is 9.10. The van der Waals surface area contributed by atoms with Crippen molar-refractivity contribution in [2.24, 2.45) is 10.8 Å². The Balaban J connectivity index is 1.94. The van der Waals surface area contributed by atoms with Crippen LogP contribution in [0.1, 0.15) is 38.0 Å². The largest absolute Gasteiger partial charge is 0.456 e. The minimum Gasteiger partial charge on any atom is -0.456 e. The summed E-state index contributed by atoms with van der Waals surface area (Å²) in [4.78, 5) is 26.1. The number of hydrogen-bond donors (Lipinski definition) is 0. The predicted octanol–water partition coefficient (Wildman–Crippen LogP) is 4.89. The average molecular weight is 401 g/mol. The molecule has 1 aliphatic heterocycles. The summed E-state index contributed by atoms with van der Waals surface area (Å²) >= 11 is 3.40. The standard InChI is InChI=1S/C21H21BrO3/c1-20(2)17(15-7-5-4-6-8-15)25-19(24)21(3,18(20)23)13-14-9-11-16(22)12-10-14/h4-12,17H,13H2,1-3H3/t17-,21-/m0/s1. The van der Waals surface area contributed by atoms with E-state index in [-0.39, 0.29) is 5.78 Å². The van der Waals surface area contributed by atoms with Gasteiger partial charge in [0.1, 0.15) is 11.5 Å². The van der Waals surface area contributed by atoms with E-state index in [4.69, 9.17) is 4.74 Å². The van der Waals surface area contributed by atoms with Crippen molar-refractivity contribution < 1.29 is 14.3 Å². The number of carbonyl (C=O) groups excluding carboxylic acids is 2. The molecule has 0 spiro atoms. The summed E-state index contributed by atoms with van der Waals surface area (Å²) in [6.07, 6.45) is -0.227. The number of ketones is 1. The number of cyclic esters (lactones) is 1. The monoisotopic (exact) mass is 400 g/mol. The third-order valence-electron chi connectivity index (χ3n) is 4.99. The number of ether oxygens (including phenoxy) is 1. The van der Waals surface area contributed by atoms with E-state index < -0.39 is 22.9 Å². The van der Waals surface area contributed by atoms with E-state index in [0.29, 0.717) is 6.42 Å². The molecular formula is C21H21BrO3. The van der Waals surface area contributed by atoms with Crippen LogP contribution < -0.4 is 0 Å². The van der Waals surface area contributed by atoms with Crippen LogP contribution >= 0.6 is 15.9 Å². The van der Waals surface area contributed by atoms with E-state index >= 15 is 0 Å². The van der Waals surface area contributed by atoms with Gasteiger partial charge in [-0.25, -0.2) is 0 Å². The number of Topliss-reactive ketones (excluding diaryl/α,β-unsaturated/α-hetero) is 1. The van der Waals surface area contributed by atoms with Crippen molar-refractivity contribution in [1.82, 2.24) is 0 Å². The normalized spacial score (nSPS) is 25.5. The van der Waals surface area contributed by atoms with Crippen LogP contribution in [0.3, 0.4) is 0 Å². The fourth-order valence-electron chi connectivity index (χ4n) is 3.58. The van der Waals surface area contributed by atoms with Gasteiger partial charge in [-0.15, -0.1) is 0 Å². The highest BCUT2D eigenvalue weighted by atomic mass is 79.9. The Labute approximate surface area is 156 Å². The van der Waals surface area contributed by atoms with E-state index in [1.807, 2.05) is 68.4 Å². The van der Waals surface area contributed by atoms with Crippen molar-refractivity contribution in [3.05, 3.63) is 70.2 Å². The Hall–Kier alpha value is -1.94. The molecule has 2 atom stereocenters. The summed E-state index contributed by atoms with van der Waals surface area (Å²) < 4.78 is 6.76. The molecule has 0 aliphatic carbocycles. The molecule has 4 heteroatoms. The molecular weight excluding hydrogens is 380 g/mol. The first-order chi connectivity index (χ1) is 11.7. The molecule has 1 saturated heterocycles. The van der Waals surface area contributed by atoms with E-state index in [2.05, 4.69) is 15.9 Å². The van der Waals surface area contributed by atoms with E-state index in [0.717, 1.165) is 15.6 Å². The molecule has 1 aliphatic rings. The van der Waals surface area contributed by atoms with Crippen LogP contribution in [-0.2, 0) is 20.7 Å². The van der Waals surface area contributed by atoms with Crippen molar-refractivity contribution in [3.63, 3.8) is 0 Å². The molecule has 2 aromatic carbocycles. The molecule has 0 N–H and O–H groups in total. The highest BCUT2D eigenvalue weighted by Crippen LogP contribution is 2.48. The second-order valence-electron chi connectivity index (χ2n) is 7.38. The van der Waals surface area contributed by atoms with Crippen molar-refractivity contribution in [1.29, 1.82) is 0 Å². The van der Waals surface area contributed by atoms with Crippen LogP contribution in [0.5, 0.6) is 0 Å². The topological polar surface area (TPSA) is 43.4 Å². The van der Waals surface area contributed by atoms with Crippen LogP contribution in [0.25, 0.3) is 0 Å². The fourth-order valence-corrected chi connectivity index (χ4v) is 3.85. The third-order valence-corrected chi connectivity index (χ3v) is 5.52. The van der Waals surface area contributed by atoms with Crippen LogP contribution in [0.2, 0.25) is 0 Å². The minimum absolute atomic E-state index is 0.0759. The van der Waals surface area contributed by atoms with Gasteiger partial charge in [0.25, 0.3) is 0 Å². The zero-order chi connectivity index (χ0) is 18.2. The average Bonchev–Trinajstić information content (AvgIpc) is 2.60. The first-order valence-electron chi connectivity index (χ1n) is 8.30. The molecule has 0 amide bonds. The Morgan fingerprint density at radius 3 is 2.16 bits per heavy atom. The maximum Gasteiger partial charge on any atom is 0.320 e. The first kappa shape index (κ1) is 17.9. The number of hydrogen-bond acceptors (Lipinski definition) is 3. The quantitative estimate of drug-likeness (QED) is 0.543. The number of benzene rings is 2. The highest BCUT2D eigenvalue weighted by Gasteiger charge is 2.57. The maximum atomic E-state index is 13.3. The van der Waals surface area contributed by atoms with Crippen LogP contribution in [0, 0.1) is 10.8 Å². The van der Waals surface area contributed by atoms with E-state index in [1.165, 1.54) is 0 Å². The number of carbonyl (C=O) groups is 2. The van der Waals surface area contributed by atoms with Gasteiger partial charge in [0, 0.05) is 4.47 Å². The zero-order valence-corrected chi connectivity index (χ0v) is 16.2. The van der Waals surface area contributed by atoms with Gasteiger partial charge in [-0.1, -0.05) is 58.4 Å². The molecule has 3 nitrogen and oxygen atoms in total. The highest BCUT2D eigenvalue weighted by molar-refractivity contribution is 9.10. The Morgan fingerprint density at radius 2 is 1.56 bits per heavy atom. The van der Waals surface area contributed by atoms with Gasteiger partial charge in [0.2, 0.25) is 0 Å². The van der Waals surface area contributed by atoms with Gasteiger partial charge in [-0.3, -0.25) is 9.59 Å². The van der Waals surface area contributed by atoms with Crippen molar-refractivity contribution >= 4 is 27.7 Å². The van der Waals surface area contributed by atoms with Gasteiger partial charge in [0.15, 0.2) is 5.78 Å². The zero-order valence-electron chi connectivity index (χ0n) is 14.6. The Bertz CT molecular complexity index is 796. The second-order valence-corrected chi connectivity index (χ2v) is 8.30. The SMILES string of the molecule is CC1(C)C(=O)[C@](C)(Cc2ccc(Br)cc2)C(=O)O[C@H]1c1ccccc1. The van der Waals surface area contributed by atoms with Gasteiger partial charge >= 0.3 is 5.97 Å². The van der Waals surface area contributed by atoms with Crippen molar-refractivity contribution in [3.8, 4) is 0 Å². The van der Waals surface area contributed by atoms with E-state index in [1.54, 1.807) is 6.92 Å². The van der Waals surface area contributed by atoms with Crippen molar-refractivity contribution in [2.75, 3.05) is 0 Å². The van der Waals surface area contributed by atoms with Gasteiger partial charge < -0.3 is 4.74 Å². The summed E-state index contributed by atoms with van der Waals surface area (Å²) in [5, 5.41) is 0. The molecule has 0 bridgehead atoms. The Kier molecular flexibility index (Phi) is 4.58. The summed E-state index contributed by atoms with van der Waals surface area (Å²) in [5.74, 6) is -0.526. The molecule has 1 fully saturated rings. The lowest BCUT2D eigenvalue weighted by Gasteiger charge is -2.44. The molecule has 0 aromatic heterocycles. The van der Waals surface area contributed by atoms with Crippen LogP contribution in [-0.4, -0.2) is 11.8 Å². The van der Waals surface area contributed by atoms with E-state index in [9.17, 15) is 9.59 Å². The number of halogens is 1. The maximum absolute atomic E-state index is 13.3.